The van der Waals surface area contributed by atoms with Gasteiger partial charge in [0.2, 0.25) is 0 Å². The second kappa shape index (κ2) is 4.45. The molecular formula is C11H14N4O3. The lowest BCUT2D eigenvalue weighted by Crippen LogP contribution is -2.28. The minimum absolute atomic E-state index is 0.111. The number of hydrogen-bond acceptors (Lipinski definition) is 6. The number of aliphatic hydroxyl groups is 3. The number of hydrogen-bond donors (Lipinski definition) is 3. The average Bonchev–Trinajstić information content (AvgIpc) is 2.76. The molecule has 0 saturated heterocycles. The van der Waals surface area contributed by atoms with Crippen molar-refractivity contribution in [2.24, 2.45) is 0 Å². The van der Waals surface area contributed by atoms with Crippen LogP contribution < -0.4 is 0 Å². The number of aromatic nitrogens is 4. The van der Waals surface area contributed by atoms with Gasteiger partial charge in [-0.15, -0.1) is 0 Å². The summed E-state index contributed by atoms with van der Waals surface area (Å²) in [4.78, 5) is 11.9. The predicted octanol–water partition coefficient (Wildman–Crippen LogP) is -0.127. The lowest BCUT2D eigenvalue weighted by atomic mass is 10.2. The van der Waals surface area contributed by atoms with E-state index >= 15 is 0 Å². The summed E-state index contributed by atoms with van der Waals surface area (Å²) in [5.41, 5.74) is -0.343. The maximum absolute atomic E-state index is 9.27. The molecule has 7 heteroatoms. The molecule has 0 aliphatic rings. The van der Waals surface area contributed by atoms with Gasteiger partial charge < -0.3 is 15.3 Å². The Labute approximate surface area is 103 Å². The molecule has 96 valence electrons. The Morgan fingerprint density at radius 3 is 2.33 bits per heavy atom. The van der Waals surface area contributed by atoms with Gasteiger partial charge in [-0.05, 0) is 0 Å². The van der Waals surface area contributed by atoms with Crippen LogP contribution in [0.3, 0.4) is 0 Å². The monoisotopic (exact) mass is 250 g/mol. The summed E-state index contributed by atoms with van der Waals surface area (Å²) in [5.74, 6) is -2.12. The second-order valence-corrected chi connectivity index (χ2v) is 4.17. The molecule has 0 unspecified atom stereocenters. The smallest absolute Gasteiger partial charge is 0.326 e. The van der Waals surface area contributed by atoms with Crippen molar-refractivity contribution in [3.05, 3.63) is 36.3 Å². The minimum Gasteiger partial charge on any atom is -0.338 e. The van der Waals surface area contributed by atoms with Gasteiger partial charge in [-0.3, -0.25) is 4.57 Å². The molecular weight excluding hydrogens is 236 g/mol. The maximum Gasteiger partial charge on any atom is 0.326 e. The summed E-state index contributed by atoms with van der Waals surface area (Å²) in [6.07, 6.45) is 5.85. The van der Waals surface area contributed by atoms with Crippen LogP contribution in [0.15, 0.2) is 24.8 Å². The summed E-state index contributed by atoms with van der Waals surface area (Å²) >= 11 is 0. The molecule has 0 bridgehead atoms. The van der Waals surface area contributed by atoms with Crippen molar-refractivity contribution >= 4 is 0 Å². The van der Waals surface area contributed by atoms with Crippen molar-refractivity contribution in [2.45, 2.75) is 25.7 Å². The first kappa shape index (κ1) is 12.6. The Morgan fingerprint density at radius 2 is 1.72 bits per heavy atom. The van der Waals surface area contributed by atoms with Crippen molar-refractivity contribution in [1.82, 2.24) is 19.5 Å². The topological polar surface area (TPSA) is 104 Å². The number of rotatable bonds is 3. The van der Waals surface area contributed by atoms with E-state index in [0.29, 0.717) is 5.82 Å². The molecule has 0 amide bonds. The fourth-order valence-corrected chi connectivity index (χ4v) is 1.66. The van der Waals surface area contributed by atoms with Crippen LogP contribution in [0.5, 0.6) is 0 Å². The molecule has 2 heterocycles. The molecule has 7 nitrogen and oxygen atoms in total. The highest BCUT2D eigenvalue weighted by Gasteiger charge is 2.30. The zero-order valence-electron chi connectivity index (χ0n) is 10.0. The normalized spacial score (nSPS) is 12.1. The summed E-state index contributed by atoms with van der Waals surface area (Å²) < 4.78 is 1.56. The van der Waals surface area contributed by atoms with Crippen LogP contribution in [-0.2, 0) is 5.97 Å². The third-order valence-electron chi connectivity index (χ3n) is 2.41. The van der Waals surface area contributed by atoms with Crippen molar-refractivity contribution in [3.8, 4) is 5.82 Å². The summed E-state index contributed by atoms with van der Waals surface area (Å²) in [5, 5.41) is 27.8. The van der Waals surface area contributed by atoms with Gasteiger partial charge in [0.15, 0.2) is 11.5 Å². The van der Waals surface area contributed by atoms with E-state index in [4.69, 9.17) is 0 Å². The molecule has 18 heavy (non-hydrogen) atoms. The van der Waals surface area contributed by atoms with Crippen molar-refractivity contribution in [1.29, 1.82) is 0 Å². The van der Waals surface area contributed by atoms with E-state index in [1.54, 1.807) is 17.0 Å². The third kappa shape index (κ3) is 2.23. The lowest BCUT2D eigenvalue weighted by molar-refractivity contribution is -0.326. The van der Waals surface area contributed by atoms with Crippen LogP contribution in [0, 0.1) is 0 Å². The first-order valence-electron chi connectivity index (χ1n) is 5.43. The second-order valence-electron chi connectivity index (χ2n) is 4.17. The van der Waals surface area contributed by atoms with Gasteiger partial charge >= 0.3 is 5.97 Å². The molecule has 2 aromatic heterocycles. The molecule has 2 rings (SSSR count). The lowest BCUT2D eigenvalue weighted by Gasteiger charge is -2.18. The highest BCUT2D eigenvalue weighted by Crippen LogP contribution is 2.22. The van der Waals surface area contributed by atoms with Gasteiger partial charge in [0.05, 0.1) is 0 Å². The van der Waals surface area contributed by atoms with Gasteiger partial charge in [-0.25, -0.2) is 15.0 Å². The van der Waals surface area contributed by atoms with Gasteiger partial charge in [-0.1, -0.05) is 13.8 Å². The SMILES string of the molecule is CC(C)c1nccn1-c1nccnc1C(O)(O)O. The van der Waals surface area contributed by atoms with E-state index in [1.165, 1.54) is 12.4 Å². The van der Waals surface area contributed by atoms with E-state index in [-0.39, 0.29) is 17.4 Å². The number of nitrogens with zero attached hydrogens (tertiary/aromatic N) is 4. The quantitative estimate of drug-likeness (QED) is 0.656. The van der Waals surface area contributed by atoms with E-state index < -0.39 is 5.97 Å². The molecule has 0 aliphatic heterocycles. The summed E-state index contributed by atoms with van der Waals surface area (Å²) in [6.45, 7) is 3.89. The molecule has 0 radical (unpaired) electrons. The molecule has 0 aliphatic carbocycles. The van der Waals surface area contributed by atoms with Crippen LogP contribution in [0.1, 0.15) is 31.3 Å². The third-order valence-corrected chi connectivity index (χ3v) is 2.41. The molecule has 0 aromatic carbocycles. The summed E-state index contributed by atoms with van der Waals surface area (Å²) in [7, 11) is 0. The average molecular weight is 250 g/mol. The van der Waals surface area contributed by atoms with Gasteiger partial charge in [0.1, 0.15) is 5.82 Å². The first-order chi connectivity index (χ1) is 8.41. The zero-order valence-corrected chi connectivity index (χ0v) is 10.0. The van der Waals surface area contributed by atoms with Crippen molar-refractivity contribution < 1.29 is 15.3 Å². The van der Waals surface area contributed by atoms with E-state index in [1.807, 2.05) is 13.8 Å². The Kier molecular flexibility index (Phi) is 3.12. The van der Waals surface area contributed by atoms with E-state index in [2.05, 4.69) is 15.0 Å². The zero-order chi connectivity index (χ0) is 13.3. The highest BCUT2D eigenvalue weighted by molar-refractivity contribution is 5.32. The maximum atomic E-state index is 9.27. The van der Waals surface area contributed by atoms with E-state index in [9.17, 15) is 15.3 Å². The Morgan fingerprint density at radius 1 is 1.06 bits per heavy atom. The molecule has 3 N–H and O–H groups in total. The standard InChI is InChI=1S/C11H14N4O3/c1-7(2)9-14-5-6-15(9)10-8(11(16,17)18)12-3-4-13-10/h3-7,16-18H,1-2H3. The van der Waals surface area contributed by atoms with Crippen LogP contribution in [-0.4, -0.2) is 34.8 Å². The van der Waals surface area contributed by atoms with E-state index in [0.717, 1.165) is 0 Å². The predicted molar refractivity (Wildman–Crippen MR) is 61.6 cm³/mol. The fourth-order valence-electron chi connectivity index (χ4n) is 1.66. The fraction of sp³-hybridized carbons (Fsp3) is 0.364. The molecule has 0 atom stereocenters. The van der Waals surface area contributed by atoms with Crippen LogP contribution in [0.25, 0.3) is 5.82 Å². The Hall–Kier alpha value is -1.83. The Bertz CT molecular complexity index is 545. The van der Waals surface area contributed by atoms with Crippen LogP contribution >= 0.6 is 0 Å². The largest absolute Gasteiger partial charge is 0.338 e. The van der Waals surface area contributed by atoms with Gasteiger partial charge in [-0.2, -0.15) is 0 Å². The van der Waals surface area contributed by atoms with Crippen molar-refractivity contribution in [3.63, 3.8) is 0 Å². The Balaban J connectivity index is 2.61. The van der Waals surface area contributed by atoms with Crippen LogP contribution in [0.2, 0.25) is 0 Å². The van der Waals surface area contributed by atoms with Crippen LogP contribution in [0.4, 0.5) is 0 Å². The molecule has 2 aromatic rings. The highest BCUT2D eigenvalue weighted by atomic mass is 16.7. The minimum atomic E-state index is -3.04. The molecule has 0 fully saturated rings. The molecule has 0 spiro atoms. The summed E-state index contributed by atoms with van der Waals surface area (Å²) in [6, 6.07) is 0. The first-order valence-corrected chi connectivity index (χ1v) is 5.43. The molecule has 0 saturated carbocycles. The van der Waals surface area contributed by atoms with Crippen molar-refractivity contribution in [2.75, 3.05) is 0 Å². The van der Waals surface area contributed by atoms with Gasteiger partial charge in [0, 0.05) is 30.7 Å². The van der Waals surface area contributed by atoms with Gasteiger partial charge in [0.25, 0.3) is 0 Å². The number of imidazole rings is 1.